The van der Waals surface area contributed by atoms with Gasteiger partial charge >= 0.3 is 0 Å². The van der Waals surface area contributed by atoms with Crippen LogP contribution in [0.3, 0.4) is 0 Å². The minimum Gasteiger partial charge on any atom is -0.497 e. The Kier molecular flexibility index (Phi) is 8.53. The van der Waals surface area contributed by atoms with Crippen LogP contribution >= 0.6 is 0 Å². The summed E-state index contributed by atoms with van der Waals surface area (Å²) in [5.74, 6) is 1.67. The number of piperidine rings is 1. The van der Waals surface area contributed by atoms with Gasteiger partial charge in [-0.2, -0.15) is 0 Å². The van der Waals surface area contributed by atoms with Crippen molar-refractivity contribution >= 4 is 5.96 Å². The normalized spacial score (nSPS) is 15.8. The molecular weight excluding hydrogens is 376 g/mol. The van der Waals surface area contributed by atoms with Crippen LogP contribution in [0.1, 0.15) is 36.5 Å². The molecule has 1 heterocycles. The van der Waals surface area contributed by atoms with Gasteiger partial charge in [0.05, 0.1) is 19.8 Å². The molecule has 6 nitrogen and oxygen atoms in total. The number of benzene rings is 2. The highest BCUT2D eigenvalue weighted by atomic mass is 16.5. The lowest BCUT2D eigenvalue weighted by atomic mass is 10.1. The molecule has 2 aromatic carbocycles. The van der Waals surface area contributed by atoms with Crippen molar-refractivity contribution in [2.75, 3.05) is 26.7 Å². The van der Waals surface area contributed by atoms with Gasteiger partial charge in [0.1, 0.15) is 5.75 Å². The minimum absolute atomic E-state index is 0.119. The molecule has 1 aliphatic heterocycles. The van der Waals surface area contributed by atoms with E-state index in [0.29, 0.717) is 6.54 Å². The van der Waals surface area contributed by atoms with E-state index in [9.17, 15) is 5.11 Å². The Morgan fingerprint density at radius 2 is 1.63 bits per heavy atom. The largest absolute Gasteiger partial charge is 0.497 e. The van der Waals surface area contributed by atoms with Gasteiger partial charge in [-0.3, -0.25) is 4.90 Å². The van der Waals surface area contributed by atoms with E-state index in [-0.39, 0.29) is 6.10 Å². The van der Waals surface area contributed by atoms with E-state index >= 15 is 0 Å². The van der Waals surface area contributed by atoms with Crippen molar-refractivity contribution in [3.8, 4) is 5.75 Å². The molecule has 0 unspecified atom stereocenters. The first-order valence-corrected chi connectivity index (χ1v) is 10.8. The number of ether oxygens (including phenoxy) is 1. The van der Waals surface area contributed by atoms with Crippen molar-refractivity contribution in [1.82, 2.24) is 15.5 Å². The van der Waals surface area contributed by atoms with Crippen LogP contribution in [0.4, 0.5) is 0 Å². The van der Waals surface area contributed by atoms with E-state index in [0.717, 1.165) is 62.8 Å². The maximum absolute atomic E-state index is 9.64. The Balaban J connectivity index is 1.49. The maximum atomic E-state index is 9.64. The van der Waals surface area contributed by atoms with E-state index in [1.54, 1.807) is 7.11 Å². The van der Waals surface area contributed by atoms with Gasteiger partial charge in [-0.05, 0) is 48.6 Å². The summed E-state index contributed by atoms with van der Waals surface area (Å²) in [7, 11) is 1.67. The van der Waals surface area contributed by atoms with E-state index in [1.165, 1.54) is 11.1 Å². The first-order chi connectivity index (χ1) is 14.7. The molecule has 162 valence electrons. The molecule has 6 heteroatoms. The second-order valence-electron chi connectivity index (χ2n) is 7.72. The fourth-order valence-corrected chi connectivity index (χ4v) is 3.53. The summed E-state index contributed by atoms with van der Waals surface area (Å²) in [5.41, 5.74) is 3.68. The van der Waals surface area contributed by atoms with Gasteiger partial charge < -0.3 is 20.5 Å². The molecule has 1 fully saturated rings. The highest BCUT2D eigenvalue weighted by Crippen LogP contribution is 2.14. The van der Waals surface area contributed by atoms with Gasteiger partial charge in [0, 0.05) is 32.7 Å². The van der Waals surface area contributed by atoms with E-state index in [4.69, 9.17) is 4.74 Å². The van der Waals surface area contributed by atoms with Crippen LogP contribution in [0.2, 0.25) is 0 Å². The number of aliphatic hydroxyl groups excluding tert-OH is 1. The van der Waals surface area contributed by atoms with Crippen LogP contribution < -0.4 is 15.4 Å². The Hall–Kier alpha value is -2.57. The summed E-state index contributed by atoms with van der Waals surface area (Å²) in [6.45, 7) is 7.12. The van der Waals surface area contributed by atoms with Crippen LogP contribution in [0, 0.1) is 0 Å². The van der Waals surface area contributed by atoms with Gasteiger partial charge in [-0.25, -0.2) is 4.99 Å². The monoisotopic (exact) mass is 410 g/mol. The lowest BCUT2D eigenvalue weighted by molar-refractivity contribution is 0.0792. The zero-order valence-corrected chi connectivity index (χ0v) is 18.1. The van der Waals surface area contributed by atoms with Crippen molar-refractivity contribution in [2.45, 2.75) is 45.5 Å². The Bertz CT molecular complexity index is 782. The zero-order valence-electron chi connectivity index (χ0n) is 18.1. The number of likely N-dealkylation sites (tertiary alicyclic amines) is 1. The lowest BCUT2D eigenvalue weighted by Crippen LogP contribution is -2.36. The Morgan fingerprint density at radius 1 is 1.00 bits per heavy atom. The van der Waals surface area contributed by atoms with Crippen LogP contribution in [0.15, 0.2) is 53.5 Å². The second kappa shape index (κ2) is 11.6. The SMILES string of the molecule is CCNC(=NCc1ccc(OC)cc1)NCc1ccc(CN2CCC(O)CC2)cc1. The number of nitrogens with zero attached hydrogens (tertiary/aromatic N) is 2. The molecule has 0 spiro atoms. The standard InChI is InChI=1S/C24H34N4O2/c1-3-25-24(27-17-20-8-10-23(30-2)11-9-20)26-16-19-4-6-21(7-5-19)18-28-14-12-22(29)13-15-28/h4-11,22,29H,3,12-18H2,1-2H3,(H2,25,26,27). The number of nitrogens with one attached hydrogen (secondary N) is 2. The first-order valence-electron chi connectivity index (χ1n) is 10.8. The smallest absolute Gasteiger partial charge is 0.191 e. The zero-order chi connectivity index (χ0) is 21.2. The summed E-state index contributed by atoms with van der Waals surface area (Å²) < 4.78 is 5.20. The first kappa shape index (κ1) is 22.1. The third-order valence-electron chi connectivity index (χ3n) is 5.37. The van der Waals surface area contributed by atoms with Gasteiger partial charge in [0.25, 0.3) is 0 Å². The Morgan fingerprint density at radius 3 is 2.27 bits per heavy atom. The molecule has 0 amide bonds. The topological polar surface area (TPSA) is 69.1 Å². The molecule has 0 aromatic heterocycles. The molecular formula is C24H34N4O2. The molecule has 30 heavy (non-hydrogen) atoms. The van der Waals surface area contributed by atoms with E-state index in [1.807, 2.05) is 24.3 Å². The van der Waals surface area contributed by atoms with Crippen molar-refractivity contribution in [3.05, 3.63) is 65.2 Å². The molecule has 0 aliphatic carbocycles. The molecule has 0 atom stereocenters. The van der Waals surface area contributed by atoms with Crippen molar-refractivity contribution in [3.63, 3.8) is 0 Å². The van der Waals surface area contributed by atoms with Crippen LogP contribution in [-0.2, 0) is 19.6 Å². The molecule has 2 aromatic rings. The highest BCUT2D eigenvalue weighted by molar-refractivity contribution is 5.79. The summed E-state index contributed by atoms with van der Waals surface area (Å²) in [6.07, 6.45) is 1.64. The van der Waals surface area contributed by atoms with E-state index in [2.05, 4.69) is 51.7 Å². The van der Waals surface area contributed by atoms with Crippen molar-refractivity contribution in [1.29, 1.82) is 0 Å². The third-order valence-corrected chi connectivity index (χ3v) is 5.37. The summed E-state index contributed by atoms with van der Waals surface area (Å²) in [4.78, 5) is 7.09. The fraction of sp³-hybridized carbons (Fsp3) is 0.458. The predicted octanol–water partition coefficient (Wildman–Crippen LogP) is 2.91. The van der Waals surface area contributed by atoms with Crippen LogP contribution in [-0.4, -0.2) is 48.8 Å². The molecule has 1 saturated heterocycles. The fourth-order valence-electron chi connectivity index (χ4n) is 3.53. The minimum atomic E-state index is -0.119. The van der Waals surface area contributed by atoms with Gasteiger partial charge in [0.2, 0.25) is 0 Å². The van der Waals surface area contributed by atoms with Gasteiger partial charge in [-0.15, -0.1) is 0 Å². The quantitative estimate of drug-likeness (QED) is 0.461. The average Bonchev–Trinajstić information content (AvgIpc) is 2.78. The summed E-state index contributed by atoms with van der Waals surface area (Å²) in [5, 5.41) is 16.4. The van der Waals surface area contributed by atoms with Crippen LogP contribution in [0.5, 0.6) is 5.75 Å². The third kappa shape index (κ3) is 7.04. The number of rotatable bonds is 8. The van der Waals surface area contributed by atoms with E-state index < -0.39 is 0 Å². The number of aliphatic imine (C=N–C) groups is 1. The predicted molar refractivity (Wildman–Crippen MR) is 122 cm³/mol. The Labute approximate surface area is 180 Å². The second-order valence-corrected chi connectivity index (χ2v) is 7.72. The molecule has 0 saturated carbocycles. The number of methoxy groups -OCH3 is 1. The molecule has 1 aliphatic rings. The molecule has 3 N–H and O–H groups in total. The van der Waals surface area contributed by atoms with Crippen LogP contribution in [0.25, 0.3) is 0 Å². The molecule has 0 radical (unpaired) electrons. The number of hydrogen-bond acceptors (Lipinski definition) is 4. The average molecular weight is 411 g/mol. The van der Waals surface area contributed by atoms with Crippen molar-refractivity contribution in [2.24, 2.45) is 4.99 Å². The number of hydrogen-bond donors (Lipinski definition) is 3. The number of aliphatic hydroxyl groups is 1. The summed E-state index contributed by atoms with van der Waals surface area (Å²) in [6, 6.07) is 16.7. The highest BCUT2D eigenvalue weighted by Gasteiger charge is 2.16. The maximum Gasteiger partial charge on any atom is 0.191 e. The number of guanidine groups is 1. The van der Waals surface area contributed by atoms with Gasteiger partial charge in [0.15, 0.2) is 5.96 Å². The van der Waals surface area contributed by atoms with Gasteiger partial charge in [-0.1, -0.05) is 36.4 Å². The molecule has 3 rings (SSSR count). The summed E-state index contributed by atoms with van der Waals surface area (Å²) >= 11 is 0. The van der Waals surface area contributed by atoms with Crippen molar-refractivity contribution < 1.29 is 9.84 Å². The lowest BCUT2D eigenvalue weighted by Gasteiger charge is -2.29. The molecule has 0 bridgehead atoms.